The monoisotopic (exact) mass is 430 g/mol. The third-order valence-corrected chi connectivity index (χ3v) is 6.36. The van der Waals surface area contributed by atoms with E-state index in [4.69, 9.17) is 5.11 Å². The van der Waals surface area contributed by atoms with Gasteiger partial charge in [-0.15, -0.1) is 11.3 Å². The van der Waals surface area contributed by atoms with Gasteiger partial charge in [-0.2, -0.15) is 0 Å². The fourth-order valence-electron chi connectivity index (χ4n) is 1.15. The van der Waals surface area contributed by atoms with Gasteiger partial charge in [0.15, 0.2) is 0 Å². The van der Waals surface area contributed by atoms with E-state index in [9.17, 15) is 4.79 Å². The number of thiophene rings is 1. The van der Waals surface area contributed by atoms with Crippen molar-refractivity contribution in [2.75, 3.05) is 0 Å². The lowest BCUT2D eigenvalue weighted by atomic mass is 10.2. The van der Waals surface area contributed by atoms with E-state index in [0.29, 0.717) is 4.88 Å². The number of benzene rings is 1. The molecule has 0 aliphatic rings. The minimum absolute atomic E-state index is 0.403. The molecule has 72 valence electrons. The van der Waals surface area contributed by atoms with Crippen LogP contribution in [-0.2, 0) is 0 Å². The lowest BCUT2D eigenvalue weighted by molar-refractivity contribution is 0.0702. The maximum atomic E-state index is 10.8. The van der Waals surface area contributed by atoms with Crippen LogP contribution in [0.5, 0.6) is 0 Å². The van der Waals surface area contributed by atoms with Gasteiger partial charge in [0.2, 0.25) is 0 Å². The number of hydrogen-bond acceptors (Lipinski definition) is 2. The normalized spacial score (nSPS) is 10.7. The van der Waals surface area contributed by atoms with Crippen molar-refractivity contribution in [1.29, 1.82) is 0 Å². The van der Waals surface area contributed by atoms with E-state index in [1.165, 1.54) is 11.3 Å². The molecule has 0 saturated heterocycles. The Morgan fingerprint density at radius 2 is 2.07 bits per heavy atom. The Labute approximate surface area is 112 Å². The van der Waals surface area contributed by atoms with Crippen LogP contribution < -0.4 is 0 Å². The predicted octanol–water partition coefficient (Wildman–Crippen LogP) is 3.81. The van der Waals surface area contributed by atoms with Crippen molar-refractivity contribution in [2.24, 2.45) is 0 Å². The number of rotatable bonds is 1. The van der Waals surface area contributed by atoms with Gasteiger partial charge in [-0.3, -0.25) is 0 Å². The van der Waals surface area contributed by atoms with Gasteiger partial charge in [0, 0.05) is 11.8 Å². The molecule has 1 N–H and O–H groups in total. The summed E-state index contributed by atoms with van der Waals surface area (Å²) in [4.78, 5) is 11.2. The largest absolute Gasteiger partial charge is 0.477 e. The highest BCUT2D eigenvalue weighted by Crippen LogP contribution is 2.32. The zero-order chi connectivity index (χ0) is 10.3. The average molecular weight is 430 g/mol. The molecule has 1 aromatic heterocycles. The molecule has 0 unspecified atom stereocenters. The Morgan fingerprint density at radius 1 is 1.36 bits per heavy atom. The molecule has 0 fully saturated rings. The summed E-state index contributed by atoms with van der Waals surface area (Å²) in [5, 5.41) is 9.86. The minimum atomic E-state index is -0.850. The van der Waals surface area contributed by atoms with Gasteiger partial charge in [0.1, 0.15) is 4.88 Å². The molecular formula is C9H4I2O2S. The summed E-state index contributed by atoms with van der Waals surface area (Å²) in [7, 11) is 0. The molecule has 0 radical (unpaired) electrons. The van der Waals surface area contributed by atoms with Gasteiger partial charge in [0.05, 0.1) is 0 Å². The van der Waals surface area contributed by atoms with Crippen LogP contribution in [0, 0.1) is 7.14 Å². The Balaban J connectivity index is 2.77. The van der Waals surface area contributed by atoms with Crippen LogP contribution in [0.1, 0.15) is 9.67 Å². The number of fused-ring (bicyclic) bond motifs is 1. The lowest BCUT2D eigenvalue weighted by Crippen LogP contribution is -1.89. The summed E-state index contributed by atoms with van der Waals surface area (Å²) in [6.45, 7) is 0. The maximum absolute atomic E-state index is 10.8. The zero-order valence-corrected chi connectivity index (χ0v) is 11.9. The molecule has 0 aliphatic heterocycles. The molecule has 1 heterocycles. The Bertz CT molecular complexity index is 519. The molecule has 1 aromatic carbocycles. The average Bonchev–Trinajstić information content (AvgIpc) is 2.56. The molecule has 2 rings (SSSR count). The predicted molar refractivity (Wildman–Crippen MR) is 74.2 cm³/mol. The SMILES string of the molecule is O=C(O)c1cc2ccc(I)c(I)c2s1. The summed E-state index contributed by atoms with van der Waals surface area (Å²) in [6, 6.07) is 5.69. The lowest BCUT2D eigenvalue weighted by Gasteiger charge is -1.95. The van der Waals surface area contributed by atoms with E-state index >= 15 is 0 Å². The first-order valence-electron chi connectivity index (χ1n) is 3.70. The van der Waals surface area contributed by atoms with Crippen molar-refractivity contribution in [2.45, 2.75) is 0 Å². The summed E-state index contributed by atoms with van der Waals surface area (Å²) >= 11 is 5.83. The minimum Gasteiger partial charge on any atom is -0.477 e. The highest BCUT2D eigenvalue weighted by molar-refractivity contribution is 14.1. The summed E-state index contributed by atoms with van der Waals surface area (Å²) in [5.74, 6) is -0.850. The Morgan fingerprint density at radius 3 is 2.71 bits per heavy atom. The molecule has 14 heavy (non-hydrogen) atoms. The quantitative estimate of drug-likeness (QED) is 0.700. The number of halogens is 2. The molecule has 0 bridgehead atoms. The molecule has 0 aliphatic carbocycles. The van der Waals surface area contributed by atoms with Gasteiger partial charge < -0.3 is 5.11 Å². The maximum Gasteiger partial charge on any atom is 0.345 e. The standard InChI is InChI=1S/C9H4I2O2S/c10-5-2-1-4-3-6(9(12)13)14-8(4)7(5)11/h1-3H,(H,12,13). The number of aromatic carboxylic acids is 1. The van der Waals surface area contributed by atoms with E-state index in [1.807, 2.05) is 12.1 Å². The van der Waals surface area contributed by atoms with Gasteiger partial charge in [0.25, 0.3) is 0 Å². The first kappa shape index (κ1) is 10.6. The van der Waals surface area contributed by atoms with Crippen molar-refractivity contribution < 1.29 is 9.90 Å². The molecule has 5 heteroatoms. The van der Waals surface area contributed by atoms with Gasteiger partial charge in [-0.25, -0.2) is 4.79 Å². The Kier molecular flexibility index (Phi) is 2.98. The molecule has 0 amide bonds. The van der Waals surface area contributed by atoms with Crippen molar-refractivity contribution in [3.8, 4) is 0 Å². The Hall–Kier alpha value is 0.110. The summed E-state index contributed by atoms with van der Waals surface area (Å²) in [6.07, 6.45) is 0. The summed E-state index contributed by atoms with van der Waals surface area (Å²) in [5.41, 5.74) is 0. The van der Waals surface area contributed by atoms with E-state index in [-0.39, 0.29) is 0 Å². The smallest absolute Gasteiger partial charge is 0.345 e. The van der Waals surface area contributed by atoms with Gasteiger partial charge in [-0.1, -0.05) is 6.07 Å². The van der Waals surface area contributed by atoms with E-state index in [0.717, 1.165) is 17.2 Å². The molecule has 2 nitrogen and oxygen atoms in total. The van der Waals surface area contributed by atoms with Gasteiger partial charge >= 0.3 is 5.97 Å². The molecule has 0 atom stereocenters. The van der Waals surface area contributed by atoms with Crippen molar-refractivity contribution >= 4 is 72.6 Å². The van der Waals surface area contributed by atoms with Gasteiger partial charge in [-0.05, 0) is 62.7 Å². The molecular weight excluding hydrogens is 426 g/mol. The first-order chi connectivity index (χ1) is 6.59. The van der Waals surface area contributed by atoms with E-state index in [2.05, 4.69) is 45.2 Å². The molecule has 0 spiro atoms. The fourth-order valence-corrected chi connectivity index (χ4v) is 3.54. The number of carboxylic acids is 1. The van der Waals surface area contributed by atoms with Crippen LogP contribution in [0.25, 0.3) is 10.1 Å². The second kappa shape index (κ2) is 3.93. The second-order valence-corrected chi connectivity index (χ2v) is 5.99. The van der Waals surface area contributed by atoms with Crippen molar-refractivity contribution in [3.63, 3.8) is 0 Å². The molecule has 2 aromatic rings. The summed E-state index contributed by atoms with van der Waals surface area (Å²) < 4.78 is 3.36. The van der Waals surface area contributed by atoms with Crippen LogP contribution in [0.2, 0.25) is 0 Å². The third kappa shape index (κ3) is 1.76. The van der Waals surface area contributed by atoms with Crippen molar-refractivity contribution in [3.05, 3.63) is 30.2 Å². The molecule has 0 saturated carbocycles. The second-order valence-electron chi connectivity index (χ2n) is 2.70. The number of carboxylic acid groups (broad SMARTS) is 1. The van der Waals surface area contributed by atoms with Crippen molar-refractivity contribution in [1.82, 2.24) is 0 Å². The topological polar surface area (TPSA) is 37.3 Å². The van der Waals surface area contributed by atoms with Crippen LogP contribution in [0.15, 0.2) is 18.2 Å². The number of carbonyl (C=O) groups is 1. The highest BCUT2D eigenvalue weighted by Gasteiger charge is 2.11. The fraction of sp³-hybridized carbons (Fsp3) is 0. The van der Waals surface area contributed by atoms with E-state index in [1.54, 1.807) is 6.07 Å². The van der Waals surface area contributed by atoms with Crippen LogP contribution in [-0.4, -0.2) is 11.1 Å². The number of hydrogen-bond donors (Lipinski definition) is 1. The van der Waals surface area contributed by atoms with Crippen LogP contribution in [0.3, 0.4) is 0 Å². The van der Waals surface area contributed by atoms with Crippen LogP contribution >= 0.6 is 56.5 Å². The zero-order valence-electron chi connectivity index (χ0n) is 6.75. The van der Waals surface area contributed by atoms with E-state index < -0.39 is 5.97 Å². The highest BCUT2D eigenvalue weighted by atomic mass is 127. The van der Waals surface area contributed by atoms with Crippen LogP contribution in [0.4, 0.5) is 0 Å². The third-order valence-electron chi connectivity index (χ3n) is 1.79. The first-order valence-corrected chi connectivity index (χ1v) is 6.68.